The molecular formula is C12H28IN3O3S. The van der Waals surface area contributed by atoms with Gasteiger partial charge in [-0.25, -0.2) is 8.42 Å². The van der Waals surface area contributed by atoms with Gasteiger partial charge in [-0.15, -0.1) is 24.0 Å². The van der Waals surface area contributed by atoms with Crippen molar-refractivity contribution < 1.29 is 13.2 Å². The van der Waals surface area contributed by atoms with E-state index >= 15 is 0 Å². The maximum atomic E-state index is 11.9. The van der Waals surface area contributed by atoms with Gasteiger partial charge in [-0.1, -0.05) is 0 Å². The van der Waals surface area contributed by atoms with Crippen LogP contribution in [0.3, 0.4) is 0 Å². The molecule has 0 aliphatic heterocycles. The van der Waals surface area contributed by atoms with Crippen molar-refractivity contribution in [1.29, 1.82) is 0 Å². The molecule has 20 heavy (non-hydrogen) atoms. The van der Waals surface area contributed by atoms with Crippen molar-refractivity contribution in [3.05, 3.63) is 0 Å². The maximum Gasteiger partial charge on any atom is 0.191 e. The van der Waals surface area contributed by atoms with Crippen LogP contribution in [0.5, 0.6) is 0 Å². The lowest BCUT2D eigenvalue weighted by molar-refractivity contribution is 0.208. The third-order valence-electron chi connectivity index (χ3n) is 2.51. The Balaban J connectivity index is 0. The van der Waals surface area contributed by atoms with Crippen molar-refractivity contribution >= 4 is 39.8 Å². The number of hydrogen-bond acceptors (Lipinski definition) is 4. The zero-order valence-electron chi connectivity index (χ0n) is 13.0. The van der Waals surface area contributed by atoms with Crippen LogP contribution in [0.4, 0.5) is 0 Å². The summed E-state index contributed by atoms with van der Waals surface area (Å²) in [4.78, 5) is 4.26. The van der Waals surface area contributed by atoms with Gasteiger partial charge in [0.1, 0.15) is 0 Å². The van der Waals surface area contributed by atoms with Crippen LogP contribution >= 0.6 is 24.0 Å². The summed E-state index contributed by atoms with van der Waals surface area (Å²) in [6.45, 7) is 9.23. The standard InChI is InChI=1S/C12H27N3O3S.HI/c1-6-13-11(14-7-9-18-5)15-8-10-19(16,17)12(2,3)4;/h6-10H2,1-5H3,(H2,13,14,15);1H. The molecule has 0 rings (SSSR count). The second-order valence-electron chi connectivity index (χ2n) is 5.11. The van der Waals surface area contributed by atoms with Crippen LogP contribution in [0.15, 0.2) is 4.99 Å². The molecule has 2 N–H and O–H groups in total. The first-order chi connectivity index (χ1) is 8.74. The molecule has 6 nitrogen and oxygen atoms in total. The molecule has 0 aliphatic rings. The van der Waals surface area contributed by atoms with Crippen molar-refractivity contribution in [3.63, 3.8) is 0 Å². The molecule has 0 unspecified atom stereocenters. The lowest BCUT2D eigenvalue weighted by atomic mass is 10.3. The second-order valence-corrected chi connectivity index (χ2v) is 7.97. The van der Waals surface area contributed by atoms with Crippen molar-refractivity contribution in [1.82, 2.24) is 10.6 Å². The Bertz CT molecular complexity index is 378. The minimum Gasteiger partial charge on any atom is -0.383 e. The average molecular weight is 421 g/mol. The second kappa shape index (κ2) is 10.6. The third-order valence-corrected chi connectivity index (χ3v) is 5.11. The van der Waals surface area contributed by atoms with E-state index in [0.717, 1.165) is 6.54 Å². The van der Waals surface area contributed by atoms with E-state index < -0.39 is 14.6 Å². The number of sulfone groups is 1. The van der Waals surface area contributed by atoms with E-state index in [9.17, 15) is 8.42 Å². The number of halogens is 1. The molecule has 0 spiro atoms. The molecular weight excluding hydrogens is 393 g/mol. The molecule has 0 amide bonds. The largest absolute Gasteiger partial charge is 0.383 e. The van der Waals surface area contributed by atoms with Gasteiger partial charge in [0.25, 0.3) is 0 Å². The predicted octanol–water partition coefficient (Wildman–Crippen LogP) is 1.02. The van der Waals surface area contributed by atoms with Crippen LogP contribution < -0.4 is 10.6 Å². The smallest absolute Gasteiger partial charge is 0.191 e. The maximum absolute atomic E-state index is 11.9. The average Bonchev–Trinajstić information content (AvgIpc) is 2.27. The number of hydrogen-bond donors (Lipinski definition) is 2. The molecule has 0 fully saturated rings. The zero-order chi connectivity index (χ0) is 14.9. The van der Waals surface area contributed by atoms with E-state index in [1.807, 2.05) is 6.92 Å². The van der Waals surface area contributed by atoms with Crippen molar-refractivity contribution in [2.24, 2.45) is 4.99 Å². The molecule has 8 heteroatoms. The van der Waals surface area contributed by atoms with E-state index in [1.165, 1.54) is 0 Å². The van der Waals surface area contributed by atoms with Crippen LogP contribution in [0.25, 0.3) is 0 Å². The molecule has 0 heterocycles. The van der Waals surface area contributed by atoms with E-state index in [1.54, 1.807) is 27.9 Å². The van der Waals surface area contributed by atoms with E-state index in [-0.39, 0.29) is 29.7 Å². The topological polar surface area (TPSA) is 79.8 Å². The fourth-order valence-electron chi connectivity index (χ4n) is 1.20. The summed E-state index contributed by atoms with van der Waals surface area (Å²) >= 11 is 0. The van der Waals surface area contributed by atoms with E-state index in [2.05, 4.69) is 15.6 Å². The van der Waals surface area contributed by atoms with Crippen LogP contribution in [0.1, 0.15) is 27.7 Å². The normalized spacial score (nSPS) is 12.8. The Morgan fingerprint density at radius 3 is 2.30 bits per heavy atom. The van der Waals surface area contributed by atoms with Gasteiger partial charge in [0.2, 0.25) is 0 Å². The first kappa shape index (κ1) is 22.2. The number of ether oxygens (including phenoxy) is 1. The molecule has 122 valence electrons. The Kier molecular flexibility index (Phi) is 11.8. The van der Waals surface area contributed by atoms with Gasteiger partial charge in [0.15, 0.2) is 15.8 Å². The van der Waals surface area contributed by atoms with Crippen LogP contribution in [0, 0.1) is 0 Å². The Labute approximate surface area is 140 Å². The summed E-state index contributed by atoms with van der Waals surface area (Å²) < 4.78 is 28.1. The molecule has 0 saturated heterocycles. The van der Waals surface area contributed by atoms with Gasteiger partial charge >= 0.3 is 0 Å². The molecule has 0 aromatic heterocycles. The first-order valence-electron chi connectivity index (χ1n) is 6.48. The van der Waals surface area contributed by atoms with E-state index in [4.69, 9.17) is 4.74 Å². The molecule has 0 aliphatic carbocycles. The molecule has 0 bridgehead atoms. The summed E-state index contributed by atoms with van der Waals surface area (Å²) in [5, 5.41) is 6.07. The zero-order valence-corrected chi connectivity index (χ0v) is 16.2. The monoisotopic (exact) mass is 421 g/mol. The quantitative estimate of drug-likeness (QED) is 0.278. The van der Waals surface area contributed by atoms with Crippen molar-refractivity contribution in [2.75, 3.05) is 39.1 Å². The van der Waals surface area contributed by atoms with Gasteiger partial charge in [0.05, 0.1) is 23.7 Å². The highest BCUT2D eigenvalue weighted by atomic mass is 127. The minimum absolute atomic E-state index is 0. The number of guanidine groups is 1. The van der Waals surface area contributed by atoms with Gasteiger partial charge in [-0.3, -0.25) is 4.99 Å². The highest BCUT2D eigenvalue weighted by Crippen LogP contribution is 2.15. The number of aliphatic imine (C=N–C) groups is 1. The van der Waals surface area contributed by atoms with Gasteiger partial charge in [-0.05, 0) is 27.7 Å². The highest BCUT2D eigenvalue weighted by Gasteiger charge is 2.28. The van der Waals surface area contributed by atoms with Crippen molar-refractivity contribution in [3.8, 4) is 0 Å². The number of methoxy groups -OCH3 is 1. The highest BCUT2D eigenvalue weighted by molar-refractivity contribution is 14.0. The fourth-order valence-corrected chi connectivity index (χ4v) is 2.18. The lowest BCUT2D eigenvalue weighted by Crippen LogP contribution is -2.42. The van der Waals surface area contributed by atoms with Gasteiger partial charge < -0.3 is 15.4 Å². The van der Waals surface area contributed by atoms with Gasteiger partial charge in [-0.2, -0.15) is 0 Å². The van der Waals surface area contributed by atoms with Crippen LogP contribution in [0.2, 0.25) is 0 Å². The van der Waals surface area contributed by atoms with Crippen LogP contribution in [-0.4, -0.2) is 58.2 Å². The summed E-state index contributed by atoms with van der Waals surface area (Å²) in [6, 6.07) is 0. The summed E-state index contributed by atoms with van der Waals surface area (Å²) in [5.74, 6) is 0.703. The first-order valence-corrected chi connectivity index (χ1v) is 8.13. The molecule has 0 aromatic rings. The Morgan fingerprint density at radius 2 is 1.85 bits per heavy atom. The summed E-state index contributed by atoms with van der Waals surface area (Å²) in [7, 11) is -1.49. The lowest BCUT2D eigenvalue weighted by Gasteiger charge is -2.19. The molecule has 0 aromatic carbocycles. The van der Waals surface area contributed by atoms with E-state index in [0.29, 0.717) is 25.7 Å². The molecule has 0 radical (unpaired) electrons. The summed E-state index contributed by atoms with van der Waals surface area (Å²) in [5.41, 5.74) is 0. The van der Waals surface area contributed by atoms with Crippen molar-refractivity contribution in [2.45, 2.75) is 32.4 Å². The number of nitrogens with one attached hydrogen (secondary N) is 2. The number of nitrogens with zero attached hydrogens (tertiary/aromatic N) is 1. The Morgan fingerprint density at radius 1 is 1.25 bits per heavy atom. The Hall–Kier alpha value is -0.0900. The summed E-state index contributed by atoms with van der Waals surface area (Å²) in [6.07, 6.45) is 0. The molecule has 0 atom stereocenters. The third kappa shape index (κ3) is 8.96. The fraction of sp³-hybridized carbons (Fsp3) is 0.917. The minimum atomic E-state index is -3.10. The predicted molar refractivity (Wildman–Crippen MR) is 94.8 cm³/mol. The SMILES string of the molecule is CCNC(=NCCOC)NCCS(=O)(=O)C(C)(C)C.I. The van der Waals surface area contributed by atoms with Crippen LogP contribution in [-0.2, 0) is 14.6 Å². The molecule has 0 saturated carbocycles. The van der Waals surface area contributed by atoms with Gasteiger partial charge in [0, 0.05) is 20.2 Å². The number of rotatable bonds is 7.